The number of benzene rings is 1. The number of carbonyl (C=O) groups is 1. The van der Waals surface area contributed by atoms with Gasteiger partial charge in [0.05, 0.1) is 6.61 Å². The molecule has 7 heteroatoms. The smallest absolute Gasteiger partial charge is 0.324 e. The molecule has 0 fully saturated rings. The molecule has 1 unspecified atom stereocenters. The van der Waals surface area contributed by atoms with Crippen molar-refractivity contribution in [3.63, 3.8) is 0 Å². The zero-order chi connectivity index (χ0) is 13.6. The van der Waals surface area contributed by atoms with Gasteiger partial charge in [0.25, 0.3) is 0 Å². The summed E-state index contributed by atoms with van der Waals surface area (Å²) in [6.45, 7) is 2.01. The highest BCUT2D eigenvalue weighted by molar-refractivity contribution is 8.67. The molecule has 0 saturated carbocycles. The van der Waals surface area contributed by atoms with Crippen molar-refractivity contribution in [2.24, 2.45) is 0 Å². The Morgan fingerprint density at radius 3 is 2.61 bits per heavy atom. The van der Waals surface area contributed by atoms with E-state index in [4.69, 9.17) is 21.1 Å². The van der Waals surface area contributed by atoms with Gasteiger partial charge in [-0.05, 0) is 24.3 Å². The third-order valence-corrected chi connectivity index (χ3v) is 6.58. The zero-order valence-corrected chi connectivity index (χ0v) is 12.6. The number of carbonyl (C=O) groups excluding carboxylic acids is 1. The van der Waals surface area contributed by atoms with Gasteiger partial charge in [-0.2, -0.15) is 0 Å². The fourth-order valence-electron chi connectivity index (χ4n) is 1.26. The third kappa shape index (κ3) is 4.71. The standard InChI is InChI=1S/C11H15O4PS2/c1-3-15-11(12)10(18-16(13,17)14-2)9-7-5-4-6-8-9/h4-8,10H,3H2,1-2H3,(H,13,17)/t10-,16?/m1/s1. The van der Waals surface area contributed by atoms with Crippen LogP contribution in [0.2, 0.25) is 0 Å². The Morgan fingerprint density at radius 2 is 2.11 bits per heavy atom. The monoisotopic (exact) mass is 306 g/mol. The Kier molecular flexibility index (Phi) is 6.32. The summed E-state index contributed by atoms with van der Waals surface area (Å²) in [5.74, 6) is -0.422. The first-order chi connectivity index (χ1) is 8.50. The van der Waals surface area contributed by atoms with Crippen LogP contribution < -0.4 is 0 Å². The van der Waals surface area contributed by atoms with Crippen molar-refractivity contribution < 1.29 is 18.9 Å². The quantitative estimate of drug-likeness (QED) is 0.644. The van der Waals surface area contributed by atoms with Crippen molar-refractivity contribution in [3.8, 4) is 0 Å². The molecule has 100 valence electrons. The van der Waals surface area contributed by atoms with Crippen LogP contribution in [0.1, 0.15) is 17.7 Å². The topological polar surface area (TPSA) is 55.8 Å². The molecular formula is C11H15O4PS2. The van der Waals surface area contributed by atoms with Crippen molar-refractivity contribution in [3.05, 3.63) is 35.9 Å². The van der Waals surface area contributed by atoms with Crippen LogP contribution >= 0.6 is 17.1 Å². The lowest BCUT2D eigenvalue weighted by Gasteiger charge is -2.19. The van der Waals surface area contributed by atoms with Crippen LogP contribution in [0, 0.1) is 0 Å². The molecule has 1 rings (SSSR count). The second kappa shape index (κ2) is 7.26. The second-order valence-electron chi connectivity index (χ2n) is 3.30. The molecule has 2 atom stereocenters. The molecule has 0 aliphatic carbocycles. The molecule has 4 nitrogen and oxygen atoms in total. The largest absolute Gasteiger partial charge is 0.465 e. The van der Waals surface area contributed by atoms with Crippen molar-refractivity contribution in [1.82, 2.24) is 0 Å². The van der Waals surface area contributed by atoms with E-state index in [1.807, 2.05) is 18.2 Å². The van der Waals surface area contributed by atoms with E-state index < -0.39 is 16.9 Å². The molecule has 1 aromatic rings. The lowest BCUT2D eigenvalue weighted by molar-refractivity contribution is -0.142. The van der Waals surface area contributed by atoms with E-state index in [-0.39, 0.29) is 6.61 Å². The van der Waals surface area contributed by atoms with Crippen LogP contribution in [0.5, 0.6) is 0 Å². The summed E-state index contributed by atoms with van der Waals surface area (Å²) in [7, 11) is 1.33. The minimum Gasteiger partial charge on any atom is -0.465 e. The third-order valence-electron chi connectivity index (χ3n) is 2.07. The zero-order valence-electron chi connectivity index (χ0n) is 10.1. The molecule has 0 spiro atoms. The van der Waals surface area contributed by atoms with Gasteiger partial charge in [0.2, 0.25) is 5.69 Å². The van der Waals surface area contributed by atoms with Crippen LogP contribution in [0.3, 0.4) is 0 Å². The van der Waals surface area contributed by atoms with Crippen molar-refractivity contribution in [2.75, 3.05) is 13.7 Å². The van der Waals surface area contributed by atoms with E-state index in [2.05, 4.69) is 0 Å². The van der Waals surface area contributed by atoms with Gasteiger partial charge in [-0.15, -0.1) is 0 Å². The van der Waals surface area contributed by atoms with Gasteiger partial charge in [-0.1, -0.05) is 41.7 Å². The Labute approximate surface area is 116 Å². The number of hydrogen-bond acceptors (Lipinski definition) is 5. The van der Waals surface area contributed by atoms with Crippen molar-refractivity contribution in [2.45, 2.75) is 12.2 Å². The summed E-state index contributed by atoms with van der Waals surface area (Å²) >= 11 is 5.86. The Bertz CT molecular complexity index is 438. The summed E-state index contributed by atoms with van der Waals surface area (Å²) in [6.07, 6.45) is 0. The first kappa shape index (κ1) is 15.7. The van der Waals surface area contributed by atoms with E-state index in [9.17, 15) is 9.69 Å². The molecule has 18 heavy (non-hydrogen) atoms. The van der Waals surface area contributed by atoms with Gasteiger partial charge in [-0.25, -0.2) is 0 Å². The number of rotatable bonds is 6. The summed E-state index contributed by atoms with van der Waals surface area (Å²) in [6, 6.07) is 9.06. The summed E-state index contributed by atoms with van der Waals surface area (Å²) in [4.78, 5) is 21.7. The van der Waals surface area contributed by atoms with Gasteiger partial charge in [-0.3, -0.25) is 4.79 Å². The fraction of sp³-hybridized carbons (Fsp3) is 0.364. The molecular weight excluding hydrogens is 291 g/mol. The lowest BCUT2D eigenvalue weighted by Crippen LogP contribution is -2.13. The highest BCUT2D eigenvalue weighted by Gasteiger charge is 2.29. The lowest BCUT2D eigenvalue weighted by atomic mass is 10.1. The average molecular weight is 306 g/mol. The van der Waals surface area contributed by atoms with Crippen LogP contribution in [0.15, 0.2) is 30.3 Å². The van der Waals surface area contributed by atoms with Crippen molar-refractivity contribution >= 4 is 34.9 Å². The second-order valence-corrected chi connectivity index (χ2v) is 9.58. The summed E-state index contributed by atoms with van der Waals surface area (Å²) in [5.41, 5.74) is -2.29. The van der Waals surface area contributed by atoms with Crippen LogP contribution in [-0.2, 0) is 25.9 Å². The summed E-state index contributed by atoms with van der Waals surface area (Å²) < 4.78 is 9.85. The predicted molar refractivity (Wildman–Crippen MR) is 76.9 cm³/mol. The van der Waals surface area contributed by atoms with E-state index in [0.717, 1.165) is 16.9 Å². The van der Waals surface area contributed by atoms with Gasteiger partial charge >= 0.3 is 5.97 Å². The van der Waals surface area contributed by atoms with Gasteiger partial charge < -0.3 is 14.2 Å². The molecule has 0 amide bonds. The Hall–Kier alpha value is -0.390. The molecule has 1 aromatic carbocycles. The van der Waals surface area contributed by atoms with Crippen LogP contribution in [0.25, 0.3) is 0 Å². The van der Waals surface area contributed by atoms with Gasteiger partial charge in [0.15, 0.2) is 0 Å². The van der Waals surface area contributed by atoms with Gasteiger partial charge in [0, 0.05) is 7.11 Å². The highest BCUT2D eigenvalue weighted by Crippen LogP contribution is 2.61. The maximum atomic E-state index is 11.9. The van der Waals surface area contributed by atoms with Crippen LogP contribution in [0.4, 0.5) is 0 Å². The van der Waals surface area contributed by atoms with Crippen LogP contribution in [-0.4, -0.2) is 24.6 Å². The molecule has 0 bridgehead atoms. The van der Waals surface area contributed by atoms with E-state index in [1.165, 1.54) is 7.11 Å². The van der Waals surface area contributed by atoms with Gasteiger partial charge in [0.1, 0.15) is 5.25 Å². The number of esters is 1. The predicted octanol–water partition coefficient (Wildman–Crippen LogP) is 2.89. The van der Waals surface area contributed by atoms with E-state index >= 15 is 0 Å². The maximum Gasteiger partial charge on any atom is 0.324 e. The molecule has 0 aliphatic rings. The summed E-state index contributed by atoms with van der Waals surface area (Å²) in [5, 5.41) is -0.665. The normalized spacial score (nSPS) is 15.7. The Morgan fingerprint density at radius 1 is 1.50 bits per heavy atom. The Balaban J connectivity index is 2.96. The molecule has 0 saturated heterocycles. The van der Waals surface area contributed by atoms with E-state index in [1.54, 1.807) is 19.1 Å². The highest BCUT2D eigenvalue weighted by atomic mass is 32.9. The fourth-order valence-corrected chi connectivity index (χ4v) is 4.50. The molecule has 0 aromatic heterocycles. The molecule has 0 heterocycles. The first-order valence-corrected chi connectivity index (χ1v) is 9.44. The average Bonchev–Trinajstić information content (AvgIpc) is 2.37. The van der Waals surface area contributed by atoms with Crippen molar-refractivity contribution in [1.29, 1.82) is 0 Å². The molecule has 0 aliphatic heterocycles. The number of ether oxygens (including phenoxy) is 1. The number of hydrogen-bond donors (Lipinski definition) is 1. The molecule has 0 radical (unpaired) electrons. The first-order valence-electron chi connectivity index (χ1n) is 5.28. The maximum absolute atomic E-state index is 11.9. The van der Waals surface area contributed by atoms with E-state index in [0.29, 0.717) is 0 Å². The SMILES string of the molecule is CCOC(=O)[C@H](SP(O)(=S)OC)c1ccccc1. The minimum absolute atomic E-state index is 0.282. The molecule has 1 N–H and O–H groups in total. The minimum atomic E-state index is -3.02.